The van der Waals surface area contributed by atoms with E-state index in [0.717, 1.165) is 38.8 Å². The molecule has 0 spiro atoms. The Morgan fingerprint density at radius 2 is 2.14 bits per heavy atom. The van der Waals surface area contributed by atoms with Crippen molar-refractivity contribution in [3.05, 3.63) is 34.6 Å². The van der Waals surface area contributed by atoms with Crippen molar-refractivity contribution in [2.45, 2.75) is 44.2 Å². The second-order valence-corrected chi connectivity index (χ2v) is 6.30. The number of halogens is 2. The molecule has 3 nitrogen and oxygen atoms in total. The third-order valence-corrected chi connectivity index (χ3v) is 4.85. The Labute approximate surface area is 129 Å². The van der Waals surface area contributed by atoms with E-state index in [1.54, 1.807) is 6.07 Å². The maximum atomic E-state index is 13.6. The average Bonchev–Trinajstić information content (AvgIpc) is 3.03. The van der Waals surface area contributed by atoms with E-state index in [1.165, 1.54) is 18.6 Å². The van der Waals surface area contributed by atoms with Crippen LogP contribution in [0.2, 0.25) is 5.02 Å². The van der Waals surface area contributed by atoms with Crippen molar-refractivity contribution in [2.24, 2.45) is 0 Å². The molecular formula is C16H20ClFN2O. The lowest BCUT2D eigenvalue weighted by atomic mass is 9.93. The minimum atomic E-state index is -0.532. The fourth-order valence-corrected chi connectivity index (χ4v) is 3.58. The standard InChI is InChI=1S/C16H20ClFN2O/c17-12-7-6-11(10-13(12)18)16(21)20-9-2-1-5-15(20)14-4-3-8-19-14/h6-7,10,14-15,19H,1-5,8-9H2. The summed E-state index contributed by atoms with van der Waals surface area (Å²) in [7, 11) is 0. The number of hydrogen-bond acceptors (Lipinski definition) is 2. The fourth-order valence-electron chi connectivity index (χ4n) is 3.46. The SMILES string of the molecule is O=C(c1ccc(Cl)c(F)c1)N1CCCCC1C1CCCN1. The number of nitrogens with zero attached hydrogens (tertiary/aromatic N) is 1. The molecule has 1 amide bonds. The van der Waals surface area contributed by atoms with Crippen LogP contribution in [0.25, 0.3) is 0 Å². The second kappa shape index (κ2) is 6.32. The molecule has 0 aromatic heterocycles. The number of amides is 1. The number of nitrogens with one attached hydrogen (secondary N) is 1. The first-order valence-corrected chi connectivity index (χ1v) is 8.04. The molecule has 2 heterocycles. The van der Waals surface area contributed by atoms with Gasteiger partial charge in [-0.2, -0.15) is 0 Å². The van der Waals surface area contributed by atoms with Gasteiger partial charge in [0.2, 0.25) is 0 Å². The lowest BCUT2D eigenvalue weighted by Gasteiger charge is -2.39. The monoisotopic (exact) mass is 310 g/mol. The van der Waals surface area contributed by atoms with Crippen molar-refractivity contribution in [1.82, 2.24) is 10.2 Å². The maximum absolute atomic E-state index is 13.6. The van der Waals surface area contributed by atoms with E-state index < -0.39 is 5.82 Å². The van der Waals surface area contributed by atoms with Gasteiger partial charge in [-0.1, -0.05) is 11.6 Å². The fraction of sp³-hybridized carbons (Fsp3) is 0.562. The molecule has 1 aromatic carbocycles. The van der Waals surface area contributed by atoms with Gasteiger partial charge in [-0.3, -0.25) is 4.79 Å². The van der Waals surface area contributed by atoms with Crippen LogP contribution in [0.1, 0.15) is 42.5 Å². The van der Waals surface area contributed by atoms with Crippen molar-refractivity contribution in [3.63, 3.8) is 0 Å². The summed E-state index contributed by atoms with van der Waals surface area (Å²) in [5, 5.41) is 3.55. The van der Waals surface area contributed by atoms with Crippen LogP contribution in [-0.4, -0.2) is 36.0 Å². The Bertz CT molecular complexity index is 531. The number of hydrogen-bond donors (Lipinski definition) is 1. The highest BCUT2D eigenvalue weighted by Crippen LogP contribution is 2.26. The van der Waals surface area contributed by atoms with Gasteiger partial charge in [0.25, 0.3) is 5.91 Å². The first-order chi connectivity index (χ1) is 10.2. The van der Waals surface area contributed by atoms with Crippen LogP contribution in [0.15, 0.2) is 18.2 Å². The van der Waals surface area contributed by atoms with Crippen molar-refractivity contribution < 1.29 is 9.18 Å². The molecule has 2 unspecified atom stereocenters. The van der Waals surface area contributed by atoms with Gasteiger partial charge >= 0.3 is 0 Å². The number of carbonyl (C=O) groups is 1. The second-order valence-electron chi connectivity index (χ2n) is 5.89. The van der Waals surface area contributed by atoms with Gasteiger partial charge in [0, 0.05) is 24.2 Å². The minimum Gasteiger partial charge on any atom is -0.334 e. The van der Waals surface area contributed by atoms with Crippen LogP contribution in [0.3, 0.4) is 0 Å². The summed E-state index contributed by atoms with van der Waals surface area (Å²) in [6, 6.07) is 4.93. The Morgan fingerprint density at radius 3 is 2.86 bits per heavy atom. The van der Waals surface area contributed by atoms with Crippen molar-refractivity contribution in [2.75, 3.05) is 13.1 Å². The molecule has 0 radical (unpaired) electrons. The Morgan fingerprint density at radius 1 is 1.29 bits per heavy atom. The van der Waals surface area contributed by atoms with Crippen molar-refractivity contribution >= 4 is 17.5 Å². The topological polar surface area (TPSA) is 32.3 Å². The molecule has 0 saturated carbocycles. The lowest BCUT2D eigenvalue weighted by Crippen LogP contribution is -2.52. The van der Waals surface area contributed by atoms with Crippen LogP contribution in [0.5, 0.6) is 0 Å². The summed E-state index contributed by atoms with van der Waals surface area (Å²) in [4.78, 5) is 14.6. The molecule has 2 saturated heterocycles. The smallest absolute Gasteiger partial charge is 0.254 e. The summed E-state index contributed by atoms with van der Waals surface area (Å²) >= 11 is 5.69. The highest BCUT2D eigenvalue weighted by molar-refractivity contribution is 6.30. The van der Waals surface area contributed by atoms with Crippen LogP contribution in [-0.2, 0) is 0 Å². The van der Waals surface area contributed by atoms with E-state index in [1.807, 2.05) is 4.90 Å². The lowest BCUT2D eigenvalue weighted by molar-refractivity contribution is 0.0563. The average molecular weight is 311 g/mol. The largest absolute Gasteiger partial charge is 0.334 e. The number of rotatable bonds is 2. The summed E-state index contributed by atoms with van der Waals surface area (Å²) < 4.78 is 13.6. The molecule has 2 atom stereocenters. The predicted molar refractivity (Wildman–Crippen MR) is 81.1 cm³/mol. The normalized spacial score (nSPS) is 26.1. The summed E-state index contributed by atoms with van der Waals surface area (Å²) in [6.07, 6.45) is 5.48. The van der Waals surface area contributed by atoms with E-state index in [0.29, 0.717) is 11.6 Å². The molecule has 1 aromatic rings. The summed E-state index contributed by atoms with van der Waals surface area (Å²) in [5.74, 6) is -0.612. The molecule has 0 bridgehead atoms. The van der Waals surface area contributed by atoms with Gasteiger partial charge in [-0.05, 0) is 56.8 Å². The molecule has 2 aliphatic heterocycles. The Balaban J connectivity index is 1.81. The summed E-state index contributed by atoms with van der Waals surface area (Å²) in [6.45, 7) is 1.78. The number of likely N-dealkylation sites (tertiary alicyclic amines) is 1. The van der Waals surface area contributed by atoms with E-state index >= 15 is 0 Å². The van der Waals surface area contributed by atoms with Crippen LogP contribution < -0.4 is 5.32 Å². The minimum absolute atomic E-state index is 0.0548. The van der Waals surface area contributed by atoms with E-state index in [-0.39, 0.29) is 17.0 Å². The van der Waals surface area contributed by atoms with Crippen LogP contribution >= 0.6 is 11.6 Å². The van der Waals surface area contributed by atoms with E-state index in [4.69, 9.17) is 11.6 Å². The first kappa shape index (κ1) is 14.8. The summed E-state index contributed by atoms with van der Waals surface area (Å²) in [5.41, 5.74) is 0.391. The highest BCUT2D eigenvalue weighted by atomic mass is 35.5. The zero-order valence-corrected chi connectivity index (χ0v) is 12.7. The molecule has 21 heavy (non-hydrogen) atoms. The third kappa shape index (κ3) is 3.06. The molecule has 2 aliphatic rings. The van der Waals surface area contributed by atoms with Gasteiger partial charge in [0.15, 0.2) is 0 Å². The van der Waals surface area contributed by atoms with E-state index in [9.17, 15) is 9.18 Å². The quantitative estimate of drug-likeness (QED) is 0.909. The zero-order valence-electron chi connectivity index (χ0n) is 11.9. The molecule has 2 fully saturated rings. The van der Waals surface area contributed by atoms with Crippen LogP contribution in [0.4, 0.5) is 4.39 Å². The Kier molecular flexibility index (Phi) is 4.45. The highest BCUT2D eigenvalue weighted by Gasteiger charge is 2.34. The van der Waals surface area contributed by atoms with Crippen LogP contribution in [0, 0.1) is 5.82 Å². The molecule has 1 N–H and O–H groups in total. The Hall–Kier alpha value is -1.13. The van der Waals surface area contributed by atoms with Gasteiger partial charge in [0.05, 0.1) is 5.02 Å². The zero-order chi connectivity index (χ0) is 14.8. The van der Waals surface area contributed by atoms with Gasteiger partial charge < -0.3 is 10.2 Å². The molecule has 114 valence electrons. The maximum Gasteiger partial charge on any atom is 0.254 e. The number of piperidine rings is 1. The van der Waals surface area contributed by atoms with Crippen molar-refractivity contribution in [3.8, 4) is 0 Å². The molecule has 3 rings (SSSR count). The third-order valence-electron chi connectivity index (χ3n) is 4.54. The van der Waals surface area contributed by atoms with E-state index in [2.05, 4.69) is 5.32 Å². The van der Waals surface area contributed by atoms with Gasteiger partial charge in [0.1, 0.15) is 5.82 Å². The number of benzene rings is 1. The molecule has 5 heteroatoms. The predicted octanol–water partition coefficient (Wildman–Crippen LogP) is 3.23. The first-order valence-electron chi connectivity index (χ1n) is 7.66. The van der Waals surface area contributed by atoms with Gasteiger partial charge in [-0.15, -0.1) is 0 Å². The molecular weight excluding hydrogens is 291 g/mol. The van der Waals surface area contributed by atoms with Gasteiger partial charge in [-0.25, -0.2) is 4.39 Å². The number of carbonyl (C=O) groups excluding carboxylic acids is 1. The van der Waals surface area contributed by atoms with Crippen molar-refractivity contribution in [1.29, 1.82) is 0 Å². The molecule has 0 aliphatic carbocycles.